The Bertz CT molecular complexity index is 1520. The molecule has 0 aliphatic heterocycles. The largest absolute Gasteiger partial charge is 0.497 e. The number of hydrogen-bond acceptors (Lipinski definition) is 6. The van der Waals surface area contributed by atoms with Crippen LogP contribution in [-0.2, 0) is 11.2 Å². The summed E-state index contributed by atoms with van der Waals surface area (Å²) in [5.74, 6) is -0.732. The molecule has 0 radical (unpaired) electrons. The number of benzene rings is 3. The number of carboxylic acid groups (broad SMARTS) is 1. The van der Waals surface area contributed by atoms with Crippen LogP contribution in [0.1, 0.15) is 34.5 Å². The van der Waals surface area contributed by atoms with E-state index in [1.807, 2.05) is 0 Å². The van der Waals surface area contributed by atoms with E-state index < -0.39 is 29.2 Å². The topological polar surface area (TPSA) is 128 Å². The van der Waals surface area contributed by atoms with Crippen molar-refractivity contribution in [1.29, 1.82) is 0 Å². The zero-order chi connectivity index (χ0) is 25.1. The van der Waals surface area contributed by atoms with Crippen molar-refractivity contribution in [2.24, 2.45) is 0 Å². The number of aromatic nitrogens is 2. The van der Waals surface area contributed by atoms with E-state index in [-0.39, 0.29) is 23.1 Å². The van der Waals surface area contributed by atoms with Crippen molar-refractivity contribution in [1.82, 2.24) is 9.55 Å². The van der Waals surface area contributed by atoms with Gasteiger partial charge in [-0.2, -0.15) is 0 Å². The number of ether oxygens (including phenoxy) is 2. The molecule has 0 fully saturated rings. The SMILES string of the molecule is COc1ccc(CC(=O)Oc2ccc3[nH]c(=O)n(C(C)c4ccc(C(=O)O)cc4)c(=O)c3c2)cc1. The van der Waals surface area contributed by atoms with Gasteiger partial charge in [0.05, 0.1) is 36.0 Å². The summed E-state index contributed by atoms with van der Waals surface area (Å²) in [6.45, 7) is 1.66. The number of esters is 1. The molecular formula is C26H22N2O7. The lowest BCUT2D eigenvalue weighted by Gasteiger charge is -2.15. The summed E-state index contributed by atoms with van der Waals surface area (Å²) in [6.07, 6.45) is 0.0290. The second-order valence-corrected chi connectivity index (χ2v) is 7.91. The summed E-state index contributed by atoms with van der Waals surface area (Å²) < 4.78 is 11.6. The second-order valence-electron chi connectivity index (χ2n) is 7.91. The van der Waals surface area contributed by atoms with E-state index in [1.165, 1.54) is 30.3 Å². The van der Waals surface area contributed by atoms with Gasteiger partial charge in [0.15, 0.2) is 0 Å². The molecule has 178 valence electrons. The molecule has 1 unspecified atom stereocenters. The Hall–Kier alpha value is -4.66. The lowest BCUT2D eigenvalue weighted by Crippen LogP contribution is -2.37. The van der Waals surface area contributed by atoms with Crippen molar-refractivity contribution in [3.05, 3.63) is 104 Å². The molecule has 1 heterocycles. The van der Waals surface area contributed by atoms with Gasteiger partial charge in [0.25, 0.3) is 5.56 Å². The molecule has 0 aliphatic rings. The molecule has 2 N–H and O–H groups in total. The van der Waals surface area contributed by atoms with Gasteiger partial charge in [-0.3, -0.25) is 14.2 Å². The molecule has 1 aromatic heterocycles. The summed E-state index contributed by atoms with van der Waals surface area (Å²) in [5, 5.41) is 9.25. The highest BCUT2D eigenvalue weighted by Gasteiger charge is 2.17. The third kappa shape index (κ3) is 4.98. The van der Waals surface area contributed by atoms with Crippen molar-refractivity contribution >= 4 is 22.8 Å². The molecule has 4 aromatic rings. The minimum absolute atomic E-state index is 0.0290. The molecule has 0 saturated heterocycles. The molecule has 1 atom stereocenters. The van der Waals surface area contributed by atoms with Crippen LogP contribution >= 0.6 is 0 Å². The number of methoxy groups -OCH3 is 1. The van der Waals surface area contributed by atoms with Gasteiger partial charge in [0, 0.05) is 0 Å². The summed E-state index contributed by atoms with van der Waals surface area (Å²) in [7, 11) is 1.56. The van der Waals surface area contributed by atoms with Gasteiger partial charge in [0.1, 0.15) is 11.5 Å². The number of rotatable bonds is 7. The Labute approximate surface area is 199 Å². The molecule has 0 spiro atoms. The van der Waals surface area contributed by atoms with E-state index in [0.717, 1.165) is 10.1 Å². The molecule has 9 nitrogen and oxygen atoms in total. The number of hydrogen-bond donors (Lipinski definition) is 2. The van der Waals surface area contributed by atoms with Crippen molar-refractivity contribution in [3.63, 3.8) is 0 Å². The van der Waals surface area contributed by atoms with E-state index in [4.69, 9.17) is 14.6 Å². The number of carboxylic acids is 1. The van der Waals surface area contributed by atoms with Crippen LogP contribution in [0, 0.1) is 0 Å². The van der Waals surface area contributed by atoms with Crippen molar-refractivity contribution < 1.29 is 24.2 Å². The fourth-order valence-corrected chi connectivity index (χ4v) is 3.75. The number of H-pyrrole nitrogens is 1. The number of nitrogens with zero attached hydrogens (tertiary/aromatic N) is 1. The van der Waals surface area contributed by atoms with E-state index in [1.54, 1.807) is 50.4 Å². The minimum atomic E-state index is -1.07. The zero-order valence-electron chi connectivity index (χ0n) is 19.0. The maximum absolute atomic E-state index is 13.2. The summed E-state index contributed by atoms with van der Waals surface area (Å²) in [5.41, 5.74) is 0.560. The Balaban J connectivity index is 1.61. The molecule has 4 rings (SSSR count). The highest BCUT2D eigenvalue weighted by Crippen LogP contribution is 2.20. The fraction of sp³-hybridized carbons (Fsp3) is 0.154. The number of carbonyl (C=O) groups excluding carboxylic acids is 1. The summed E-state index contributed by atoms with van der Waals surface area (Å²) in [6, 6.07) is 16.7. The molecule has 35 heavy (non-hydrogen) atoms. The third-order valence-electron chi connectivity index (χ3n) is 5.67. The highest BCUT2D eigenvalue weighted by molar-refractivity contribution is 5.87. The number of nitrogens with one attached hydrogen (secondary N) is 1. The van der Waals surface area contributed by atoms with Crippen LogP contribution in [0.3, 0.4) is 0 Å². The minimum Gasteiger partial charge on any atom is -0.497 e. The van der Waals surface area contributed by atoms with Crippen LogP contribution < -0.4 is 20.7 Å². The van der Waals surface area contributed by atoms with Gasteiger partial charge in [-0.1, -0.05) is 24.3 Å². The number of aromatic amines is 1. The molecular weight excluding hydrogens is 452 g/mol. The van der Waals surface area contributed by atoms with Gasteiger partial charge in [-0.15, -0.1) is 0 Å². The van der Waals surface area contributed by atoms with Crippen molar-refractivity contribution in [3.8, 4) is 11.5 Å². The molecule has 0 amide bonds. The number of aromatic carboxylic acids is 1. The Morgan fingerprint density at radius 1 is 0.971 bits per heavy atom. The second kappa shape index (κ2) is 9.68. The molecule has 0 bridgehead atoms. The first-order chi connectivity index (χ1) is 16.8. The van der Waals surface area contributed by atoms with E-state index in [2.05, 4.69) is 4.98 Å². The Morgan fingerprint density at radius 2 is 1.63 bits per heavy atom. The fourth-order valence-electron chi connectivity index (χ4n) is 3.75. The third-order valence-corrected chi connectivity index (χ3v) is 5.67. The monoisotopic (exact) mass is 474 g/mol. The standard InChI is InChI=1S/C26H22N2O7/c1-15(17-5-7-18(8-6-17)25(31)32)28-24(30)21-14-20(11-12-22(21)27-26(28)33)35-23(29)13-16-3-9-19(34-2)10-4-16/h3-12,14-15H,13H2,1-2H3,(H,27,33)(H,31,32). The molecule has 0 saturated carbocycles. The quantitative estimate of drug-likeness (QED) is 0.311. The number of fused-ring (bicyclic) bond motifs is 1. The Kier molecular flexibility index (Phi) is 6.50. The predicted octanol–water partition coefficient (Wildman–Crippen LogP) is 3.15. The molecule has 9 heteroatoms. The number of carbonyl (C=O) groups is 2. The highest BCUT2D eigenvalue weighted by atomic mass is 16.5. The van der Waals surface area contributed by atoms with Gasteiger partial charge in [-0.25, -0.2) is 9.59 Å². The molecule has 0 aliphatic carbocycles. The average molecular weight is 474 g/mol. The average Bonchev–Trinajstić information content (AvgIpc) is 2.85. The summed E-state index contributed by atoms with van der Waals surface area (Å²) >= 11 is 0. The van der Waals surface area contributed by atoms with Crippen molar-refractivity contribution in [2.75, 3.05) is 7.11 Å². The van der Waals surface area contributed by atoms with E-state index >= 15 is 0 Å². The zero-order valence-corrected chi connectivity index (χ0v) is 19.0. The van der Waals surface area contributed by atoms with Crippen LogP contribution in [0.15, 0.2) is 76.3 Å². The predicted molar refractivity (Wildman–Crippen MR) is 128 cm³/mol. The van der Waals surface area contributed by atoms with Gasteiger partial charge >= 0.3 is 17.6 Å². The Morgan fingerprint density at radius 3 is 2.26 bits per heavy atom. The maximum Gasteiger partial charge on any atom is 0.335 e. The lowest BCUT2D eigenvalue weighted by molar-refractivity contribution is -0.133. The van der Waals surface area contributed by atoms with Gasteiger partial charge in [-0.05, 0) is 60.5 Å². The molecule has 3 aromatic carbocycles. The first kappa shape index (κ1) is 23.5. The normalized spacial score (nSPS) is 11.7. The van der Waals surface area contributed by atoms with Crippen molar-refractivity contribution in [2.45, 2.75) is 19.4 Å². The van der Waals surface area contributed by atoms with Crippen LogP contribution in [-0.4, -0.2) is 33.7 Å². The van der Waals surface area contributed by atoms with E-state index in [0.29, 0.717) is 16.8 Å². The van der Waals surface area contributed by atoms with Gasteiger partial charge < -0.3 is 19.6 Å². The van der Waals surface area contributed by atoms with Crippen LogP contribution in [0.25, 0.3) is 10.9 Å². The smallest absolute Gasteiger partial charge is 0.335 e. The maximum atomic E-state index is 13.2. The summed E-state index contributed by atoms with van der Waals surface area (Å²) in [4.78, 5) is 52.1. The van der Waals surface area contributed by atoms with Crippen LogP contribution in [0.5, 0.6) is 11.5 Å². The first-order valence-corrected chi connectivity index (χ1v) is 10.7. The van der Waals surface area contributed by atoms with Crippen LogP contribution in [0.4, 0.5) is 0 Å². The van der Waals surface area contributed by atoms with Crippen LogP contribution in [0.2, 0.25) is 0 Å². The lowest BCUT2D eigenvalue weighted by atomic mass is 10.1. The van der Waals surface area contributed by atoms with E-state index in [9.17, 15) is 19.2 Å². The van der Waals surface area contributed by atoms with Gasteiger partial charge in [0.2, 0.25) is 0 Å². The first-order valence-electron chi connectivity index (χ1n) is 10.7.